The highest BCUT2D eigenvalue weighted by atomic mass is 19.4. The Kier molecular flexibility index (Phi) is 6.80. The zero-order valence-electron chi connectivity index (χ0n) is 18.4. The summed E-state index contributed by atoms with van der Waals surface area (Å²) in [5, 5.41) is 2.73. The van der Waals surface area contributed by atoms with E-state index in [0.29, 0.717) is 43.2 Å². The molecule has 0 bridgehead atoms. The normalized spacial score (nSPS) is 16.8. The van der Waals surface area contributed by atoms with E-state index in [-0.39, 0.29) is 13.3 Å². The molecule has 182 valence electrons. The number of hydrogen-bond donors (Lipinski definition) is 1. The van der Waals surface area contributed by atoms with E-state index in [4.69, 9.17) is 14.2 Å². The molecule has 0 unspecified atom stereocenters. The molecule has 1 fully saturated rings. The minimum Gasteiger partial charge on any atom is -0.454 e. The van der Waals surface area contributed by atoms with Crippen molar-refractivity contribution in [1.29, 1.82) is 0 Å². The van der Waals surface area contributed by atoms with Crippen molar-refractivity contribution in [3.8, 4) is 11.5 Å². The molecule has 0 saturated carbocycles. The number of benzene rings is 1. The molecule has 1 aromatic heterocycles. The molecule has 1 saturated heterocycles. The van der Waals surface area contributed by atoms with Gasteiger partial charge in [0.05, 0.1) is 11.5 Å². The maximum Gasteiger partial charge on any atom is 0.417 e. The number of hydrogen-bond acceptors (Lipinski definition) is 7. The Morgan fingerprint density at radius 3 is 2.59 bits per heavy atom. The number of halogens is 3. The third-order valence-corrected chi connectivity index (χ3v) is 5.79. The summed E-state index contributed by atoms with van der Waals surface area (Å²) in [4.78, 5) is 30.6. The summed E-state index contributed by atoms with van der Waals surface area (Å²) in [5.41, 5.74) is 0.0147. The number of alkyl halides is 3. The first-order valence-corrected chi connectivity index (χ1v) is 10.9. The number of esters is 1. The summed E-state index contributed by atoms with van der Waals surface area (Å²) in [7, 11) is 0. The number of amides is 1. The summed E-state index contributed by atoms with van der Waals surface area (Å²) >= 11 is 0. The fraction of sp³-hybridized carbons (Fsp3) is 0.435. The van der Waals surface area contributed by atoms with Gasteiger partial charge >= 0.3 is 12.1 Å². The number of fused-ring (bicyclic) bond motifs is 1. The molecule has 1 N–H and O–H groups in total. The van der Waals surface area contributed by atoms with Crippen molar-refractivity contribution in [2.24, 2.45) is 5.92 Å². The number of anilines is 1. The zero-order chi connectivity index (χ0) is 24.3. The number of pyridine rings is 1. The van der Waals surface area contributed by atoms with Crippen LogP contribution in [0.3, 0.4) is 0 Å². The predicted molar refractivity (Wildman–Crippen MR) is 114 cm³/mol. The highest BCUT2D eigenvalue weighted by Crippen LogP contribution is 2.32. The highest BCUT2D eigenvalue weighted by Gasteiger charge is 2.32. The predicted octanol–water partition coefficient (Wildman–Crippen LogP) is 3.29. The SMILES string of the molecule is C[C@@H](OC(=O)C1CCN(c2ccc(C(F)(F)F)cn2)CC1)C(=O)NCc1ccc2c(c1)OCO2. The quantitative estimate of drug-likeness (QED) is 0.636. The fourth-order valence-corrected chi connectivity index (χ4v) is 3.79. The van der Waals surface area contributed by atoms with Gasteiger partial charge in [-0.3, -0.25) is 9.59 Å². The first-order chi connectivity index (χ1) is 16.2. The average molecular weight is 479 g/mol. The Bertz CT molecular complexity index is 1040. The monoisotopic (exact) mass is 479 g/mol. The largest absolute Gasteiger partial charge is 0.454 e. The number of carbonyl (C=O) groups is 2. The summed E-state index contributed by atoms with van der Waals surface area (Å²) in [6.45, 7) is 2.81. The van der Waals surface area contributed by atoms with Crippen LogP contribution in [0.4, 0.5) is 19.0 Å². The standard InChI is InChI=1S/C23H24F3N3O5/c1-14(21(30)28-11-15-2-4-18-19(10-15)33-13-32-18)34-22(31)16-6-8-29(9-7-16)20-5-3-17(12-27-20)23(24,25)26/h2-5,10,12,14,16H,6-9,11,13H2,1H3,(H,28,30)/t14-/m1/s1. The third kappa shape index (κ3) is 5.52. The lowest BCUT2D eigenvalue weighted by Gasteiger charge is -2.32. The van der Waals surface area contributed by atoms with Crippen LogP contribution in [-0.4, -0.2) is 42.8 Å². The molecule has 2 aliphatic rings. The second-order valence-corrected chi connectivity index (χ2v) is 8.15. The van der Waals surface area contributed by atoms with Gasteiger partial charge in [0.1, 0.15) is 5.82 Å². The summed E-state index contributed by atoms with van der Waals surface area (Å²) < 4.78 is 54.0. The lowest BCUT2D eigenvalue weighted by Crippen LogP contribution is -2.40. The minimum absolute atomic E-state index is 0.165. The molecular weight excluding hydrogens is 455 g/mol. The van der Waals surface area contributed by atoms with Crippen LogP contribution < -0.4 is 19.7 Å². The van der Waals surface area contributed by atoms with E-state index in [1.54, 1.807) is 12.1 Å². The molecule has 11 heteroatoms. The molecule has 1 atom stereocenters. The second kappa shape index (κ2) is 9.78. The number of nitrogens with one attached hydrogen (secondary N) is 1. The molecule has 4 rings (SSSR count). The van der Waals surface area contributed by atoms with Gasteiger partial charge in [-0.05, 0) is 49.6 Å². The van der Waals surface area contributed by atoms with Crippen molar-refractivity contribution in [1.82, 2.24) is 10.3 Å². The molecule has 1 aromatic carbocycles. The fourth-order valence-electron chi connectivity index (χ4n) is 3.79. The first-order valence-electron chi connectivity index (χ1n) is 10.9. The molecule has 0 spiro atoms. The molecule has 8 nitrogen and oxygen atoms in total. The van der Waals surface area contributed by atoms with Gasteiger partial charge in [-0.1, -0.05) is 6.07 Å². The van der Waals surface area contributed by atoms with Crippen molar-refractivity contribution < 1.29 is 37.0 Å². The summed E-state index contributed by atoms with van der Waals surface area (Å²) in [5.74, 6) is 0.413. The molecule has 34 heavy (non-hydrogen) atoms. The van der Waals surface area contributed by atoms with Crippen LogP contribution in [-0.2, 0) is 27.0 Å². The van der Waals surface area contributed by atoms with E-state index in [2.05, 4.69) is 10.3 Å². The van der Waals surface area contributed by atoms with Crippen molar-refractivity contribution >= 4 is 17.7 Å². The van der Waals surface area contributed by atoms with Gasteiger partial charge in [-0.15, -0.1) is 0 Å². The lowest BCUT2D eigenvalue weighted by atomic mass is 9.97. The maximum atomic E-state index is 12.7. The number of nitrogens with zero attached hydrogens (tertiary/aromatic N) is 2. The molecule has 2 aliphatic heterocycles. The minimum atomic E-state index is -4.43. The number of piperidine rings is 1. The maximum absolute atomic E-state index is 12.7. The second-order valence-electron chi connectivity index (χ2n) is 8.15. The van der Waals surface area contributed by atoms with E-state index < -0.39 is 35.6 Å². The molecule has 3 heterocycles. The smallest absolute Gasteiger partial charge is 0.417 e. The van der Waals surface area contributed by atoms with Crippen molar-refractivity contribution in [2.75, 3.05) is 24.8 Å². The van der Waals surface area contributed by atoms with Crippen molar-refractivity contribution in [3.05, 3.63) is 47.7 Å². The van der Waals surface area contributed by atoms with E-state index in [1.807, 2.05) is 11.0 Å². The van der Waals surface area contributed by atoms with Crippen LogP contribution in [0.1, 0.15) is 30.9 Å². The number of rotatable bonds is 6. The van der Waals surface area contributed by atoms with E-state index >= 15 is 0 Å². The van der Waals surface area contributed by atoms with Crippen LogP contribution in [0.5, 0.6) is 11.5 Å². The zero-order valence-corrected chi connectivity index (χ0v) is 18.4. The number of carbonyl (C=O) groups excluding carboxylic acids is 2. The Balaban J connectivity index is 1.22. The van der Waals surface area contributed by atoms with Gasteiger partial charge in [0.15, 0.2) is 17.6 Å². The van der Waals surface area contributed by atoms with Gasteiger partial charge in [-0.25, -0.2) is 4.98 Å². The van der Waals surface area contributed by atoms with Gasteiger partial charge in [-0.2, -0.15) is 13.2 Å². The first kappa shape index (κ1) is 23.7. The van der Waals surface area contributed by atoms with Crippen LogP contribution >= 0.6 is 0 Å². The Morgan fingerprint density at radius 1 is 1.18 bits per heavy atom. The van der Waals surface area contributed by atoms with E-state index in [0.717, 1.165) is 17.8 Å². The van der Waals surface area contributed by atoms with Gasteiger partial charge in [0.25, 0.3) is 5.91 Å². The Labute approximate surface area is 194 Å². The van der Waals surface area contributed by atoms with Gasteiger partial charge in [0.2, 0.25) is 6.79 Å². The van der Waals surface area contributed by atoms with E-state index in [1.165, 1.54) is 13.0 Å². The topological polar surface area (TPSA) is 90.0 Å². The molecule has 2 aromatic rings. The van der Waals surface area contributed by atoms with Gasteiger partial charge in [0, 0.05) is 25.8 Å². The molecule has 0 aliphatic carbocycles. The van der Waals surface area contributed by atoms with Crippen molar-refractivity contribution in [2.45, 2.75) is 38.6 Å². The molecule has 0 radical (unpaired) electrons. The van der Waals surface area contributed by atoms with Crippen molar-refractivity contribution in [3.63, 3.8) is 0 Å². The van der Waals surface area contributed by atoms with Crippen LogP contribution in [0.15, 0.2) is 36.5 Å². The molecule has 1 amide bonds. The number of ether oxygens (including phenoxy) is 3. The highest BCUT2D eigenvalue weighted by molar-refractivity contribution is 5.84. The van der Waals surface area contributed by atoms with Crippen LogP contribution in [0.25, 0.3) is 0 Å². The van der Waals surface area contributed by atoms with Crippen LogP contribution in [0.2, 0.25) is 0 Å². The van der Waals surface area contributed by atoms with E-state index in [9.17, 15) is 22.8 Å². The summed E-state index contributed by atoms with van der Waals surface area (Å²) in [6, 6.07) is 7.67. The van der Waals surface area contributed by atoms with Crippen LogP contribution in [0, 0.1) is 5.92 Å². The van der Waals surface area contributed by atoms with Gasteiger partial charge < -0.3 is 24.4 Å². The summed E-state index contributed by atoms with van der Waals surface area (Å²) in [6.07, 6.45) is -3.69. The lowest BCUT2D eigenvalue weighted by molar-refractivity contribution is -0.159. The Hall–Kier alpha value is -3.50. The average Bonchev–Trinajstić information content (AvgIpc) is 3.30. The third-order valence-electron chi connectivity index (χ3n) is 5.79. The number of aromatic nitrogens is 1. The molecular formula is C23H24F3N3O5. The Morgan fingerprint density at radius 2 is 1.91 bits per heavy atom.